The summed E-state index contributed by atoms with van der Waals surface area (Å²) in [6.07, 6.45) is 0.823. The van der Waals surface area contributed by atoms with Crippen molar-refractivity contribution in [3.63, 3.8) is 0 Å². The molecule has 5 heteroatoms. The number of aldehydes is 1. The second-order valence-corrected chi connectivity index (χ2v) is 4.50. The van der Waals surface area contributed by atoms with Crippen molar-refractivity contribution in [2.24, 2.45) is 0 Å². The number of nitrogens with zero attached hydrogens (tertiary/aromatic N) is 2. The normalized spacial score (nSPS) is 19.4. The van der Waals surface area contributed by atoms with Crippen LogP contribution in [-0.2, 0) is 17.9 Å². The maximum atomic E-state index is 10.6. The highest BCUT2D eigenvalue weighted by molar-refractivity contribution is 7.07. The lowest BCUT2D eigenvalue weighted by molar-refractivity contribution is -0.000928. The van der Waals surface area contributed by atoms with Gasteiger partial charge in [0.2, 0.25) is 0 Å². The quantitative estimate of drug-likeness (QED) is 0.747. The Morgan fingerprint density at radius 2 is 2.56 bits per heavy atom. The van der Waals surface area contributed by atoms with E-state index in [-0.39, 0.29) is 6.10 Å². The van der Waals surface area contributed by atoms with E-state index in [0.717, 1.165) is 12.0 Å². The fraction of sp³-hybridized carbons (Fsp3) is 0.273. The Morgan fingerprint density at radius 1 is 1.62 bits per heavy atom. The number of hydrogen-bond donors (Lipinski definition) is 0. The molecule has 1 aliphatic heterocycles. The van der Waals surface area contributed by atoms with Crippen LogP contribution in [0.4, 0.5) is 0 Å². The SMILES string of the molecule is O=Cc1cc2n(n1)C[C@H](c1ccsc1)OC2. The van der Waals surface area contributed by atoms with Crippen LogP contribution in [0, 0.1) is 0 Å². The zero-order valence-electron chi connectivity index (χ0n) is 8.50. The van der Waals surface area contributed by atoms with Gasteiger partial charge in [0.25, 0.3) is 0 Å². The molecule has 0 N–H and O–H groups in total. The zero-order chi connectivity index (χ0) is 11.0. The average molecular weight is 234 g/mol. The van der Waals surface area contributed by atoms with Crippen LogP contribution >= 0.6 is 11.3 Å². The Labute approximate surface area is 96.5 Å². The predicted molar refractivity (Wildman–Crippen MR) is 59.5 cm³/mol. The summed E-state index contributed by atoms with van der Waals surface area (Å²) in [6, 6.07) is 3.83. The maximum Gasteiger partial charge on any atom is 0.170 e. The molecule has 82 valence electrons. The van der Waals surface area contributed by atoms with E-state index in [9.17, 15) is 4.79 Å². The number of thiophene rings is 1. The van der Waals surface area contributed by atoms with E-state index in [0.29, 0.717) is 18.8 Å². The van der Waals surface area contributed by atoms with E-state index in [1.54, 1.807) is 17.4 Å². The molecule has 16 heavy (non-hydrogen) atoms. The van der Waals surface area contributed by atoms with Gasteiger partial charge in [-0.1, -0.05) is 0 Å². The lowest BCUT2D eigenvalue weighted by Gasteiger charge is -2.23. The van der Waals surface area contributed by atoms with Crippen LogP contribution in [0.1, 0.15) is 27.8 Å². The van der Waals surface area contributed by atoms with Crippen molar-refractivity contribution in [3.8, 4) is 0 Å². The summed E-state index contributed by atoms with van der Waals surface area (Å²) < 4.78 is 7.59. The standard InChI is InChI=1S/C11H10N2O2S/c14-5-9-3-10-6-15-11(4-13(10)12-9)8-1-2-16-7-8/h1-3,5,7,11H,4,6H2/t11-/m1/s1. The number of hydrogen-bond acceptors (Lipinski definition) is 4. The Bertz CT molecular complexity index is 504. The molecule has 4 nitrogen and oxygen atoms in total. The van der Waals surface area contributed by atoms with Crippen LogP contribution in [0.15, 0.2) is 22.9 Å². The van der Waals surface area contributed by atoms with Gasteiger partial charge in [0.05, 0.1) is 18.8 Å². The van der Waals surface area contributed by atoms with Gasteiger partial charge in [-0.3, -0.25) is 9.48 Å². The third-order valence-corrected chi connectivity index (χ3v) is 3.39. The Morgan fingerprint density at radius 3 is 3.31 bits per heavy atom. The minimum Gasteiger partial charge on any atom is -0.365 e. The van der Waals surface area contributed by atoms with Gasteiger partial charge in [0.15, 0.2) is 6.29 Å². The van der Waals surface area contributed by atoms with E-state index in [4.69, 9.17) is 4.74 Å². The van der Waals surface area contributed by atoms with Gasteiger partial charge >= 0.3 is 0 Å². The van der Waals surface area contributed by atoms with Crippen LogP contribution in [0.3, 0.4) is 0 Å². The Hall–Kier alpha value is -1.46. The number of ether oxygens (including phenoxy) is 1. The molecule has 0 aliphatic carbocycles. The molecule has 0 fully saturated rings. The molecule has 1 aliphatic rings. The fourth-order valence-corrected chi connectivity index (χ4v) is 2.57. The largest absolute Gasteiger partial charge is 0.365 e. The topological polar surface area (TPSA) is 44.1 Å². The van der Waals surface area contributed by atoms with Crippen molar-refractivity contribution in [3.05, 3.63) is 39.8 Å². The third kappa shape index (κ3) is 1.58. The highest BCUT2D eigenvalue weighted by atomic mass is 32.1. The lowest BCUT2D eigenvalue weighted by Crippen LogP contribution is -2.21. The van der Waals surface area contributed by atoms with Crippen molar-refractivity contribution in [2.75, 3.05) is 0 Å². The number of carbonyl (C=O) groups is 1. The first-order valence-corrected chi connectivity index (χ1v) is 5.96. The molecule has 0 bridgehead atoms. The summed E-state index contributed by atoms with van der Waals surface area (Å²) >= 11 is 1.66. The van der Waals surface area contributed by atoms with Crippen LogP contribution in [0.2, 0.25) is 0 Å². The van der Waals surface area contributed by atoms with Gasteiger partial charge in [0, 0.05) is 0 Å². The van der Waals surface area contributed by atoms with Crippen molar-refractivity contribution >= 4 is 17.6 Å². The van der Waals surface area contributed by atoms with Crippen molar-refractivity contribution in [1.29, 1.82) is 0 Å². The summed E-state index contributed by atoms with van der Waals surface area (Å²) in [5.41, 5.74) is 2.62. The third-order valence-electron chi connectivity index (χ3n) is 2.69. The summed E-state index contributed by atoms with van der Waals surface area (Å²) in [6.45, 7) is 1.20. The van der Waals surface area contributed by atoms with Crippen LogP contribution < -0.4 is 0 Å². The van der Waals surface area contributed by atoms with Gasteiger partial charge in [0.1, 0.15) is 11.8 Å². The van der Waals surface area contributed by atoms with E-state index in [2.05, 4.69) is 16.5 Å². The minimum absolute atomic E-state index is 0.0538. The summed E-state index contributed by atoms with van der Waals surface area (Å²) in [5, 5.41) is 8.32. The van der Waals surface area contributed by atoms with Crippen LogP contribution in [0.5, 0.6) is 0 Å². The van der Waals surface area contributed by atoms with Crippen LogP contribution in [-0.4, -0.2) is 16.1 Å². The molecule has 0 amide bonds. The molecule has 0 saturated carbocycles. The van der Waals surface area contributed by atoms with E-state index >= 15 is 0 Å². The van der Waals surface area contributed by atoms with E-state index < -0.39 is 0 Å². The zero-order valence-corrected chi connectivity index (χ0v) is 9.31. The molecular formula is C11H10N2O2S. The molecule has 3 heterocycles. The van der Waals surface area contributed by atoms with Gasteiger partial charge in [-0.25, -0.2) is 0 Å². The van der Waals surface area contributed by atoms with Gasteiger partial charge in [-0.2, -0.15) is 16.4 Å². The molecule has 0 aromatic carbocycles. The monoisotopic (exact) mass is 234 g/mol. The molecular weight excluding hydrogens is 224 g/mol. The van der Waals surface area contributed by atoms with Gasteiger partial charge in [-0.15, -0.1) is 0 Å². The van der Waals surface area contributed by atoms with Gasteiger partial charge < -0.3 is 4.74 Å². The molecule has 2 aromatic heterocycles. The summed E-state index contributed by atoms with van der Waals surface area (Å²) in [7, 11) is 0. The smallest absolute Gasteiger partial charge is 0.170 e. The number of aromatic nitrogens is 2. The highest BCUT2D eigenvalue weighted by Crippen LogP contribution is 2.27. The second kappa shape index (κ2) is 3.84. The second-order valence-electron chi connectivity index (χ2n) is 3.72. The first-order chi connectivity index (χ1) is 7.86. The van der Waals surface area contributed by atoms with Gasteiger partial charge in [-0.05, 0) is 28.5 Å². The summed E-state index contributed by atoms with van der Waals surface area (Å²) in [5.74, 6) is 0. The maximum absolute atomic E-state index is 10.6. The Balaban J connectivity index is 1.88. The van der Waals surface area contributed by atoms with E-state index in [1.165, 1.54) is 5.56 Å². The highest BCUT2D eigenvalue weighted by Gasteiger charge is 2.22. The molecule has 0 saturated heterocycles. The molecule has 0 unspecified atom stereocenters. The number of rotatable bonds is 2. The van der Waals surface area contributed by atoms with E-state index in [1.807, 2.05) is 10.1 Å². The first-order valence-electron chi connectivity index (χ1n) is 5.02. The lowest BCUT2D eigenvalue weighted by atomic mass is 10.2. The predicted octanol–water partition coefficient (Wildman–Crippen LogP) is 2.03. The minimum atomic E-state index is 0.0538. The fourth-order valence-electron chi connectivity index (χ4n) is 1.87. The van der Waals surface area contributed by atoms with Crippen molar-refractivity contribution in [1.82, 2.24) is 9.78 Å². The molecule has 2 aromatic rings. The van der Waals surface area contributed by atoms with Crippen LogP contribution in [0.25, 0.3) is 0 Å². The molecule has 0 radical (unpaired) electrons. The number of fused-ring (bicyclic) bond motifs is 1. The van der Waals surface area contributed by atoms with Crippen molar-refractivity contribution in [2.45, 2.75) is 19.3 Å². The number of carbonyl (C=O) groups excluding carboxylic acids is 1. The summed E-state index contributed by atoms with van der Waals surface area (Å²) in [4.78, 5) is 10.6. The molecule has 0 spiro atoms. The van der Waals surface area contributed by atoms with Crippen molar-refractivity contribution < 1.29 is 9.53 Å². The average Bonchev–Trinajstić information content (AvgIpc) is 2.96. The molecule has 3 rings (SSSR count). The molecule has 1 atom stereocenters. The Kier molecular flexibility index (Phi) is 2.34. The first kappa shape index (κ1) is 9.74.